The number of hydrogen-bond acceptors (Lipinski definition) is 3. The highest BCUT2D eigenvalue weighted by Crippen LogP contribution is 2.23. The monoisotopic (exact) mass is 362 g/mol. The van der Waals surface area contributed by atoms with Crippen LogP contribution in [0, 0.1) is 6.92 Å². The number of benzene rings is 3. The molecule has 0 aliphatic carbocycles. The lowest BCUT2D eigenvalue weighted by Crippen LogP contribution is -2.39. The molecule has 0 spiro atoms. The van der Waals surface area contributed by atoms with Gasteiger partial charge in [0.25, 0.3) is 0 Å². The summed E-state index contributed by atoms with van der Waals surface area (Å²) in [6.45, 7) is 4.62. The average molecular weight is 362 g/mol. The molecule has 3 rings (SSSR count). The van der Waals surface area contributed by atoms with Crippen molar-refractivity contribution in [3.05, 3.63) is 71.8 Å². The van der Waals surface area contributed by atoms with Crippen molar-refractivity contribution in [3.8, 4) is 5.75 Å². The molecule has 4 nitrogen and oxygen atoms in total. The molecule has 3 aromatic carbocycles. The molecule has 4 heteroatoms. The van der Waals surface area contributed by atoms with Gasteiger partial charge in [0.2, 0.25) is 5.91 Å². The minimum atomic E-state index is -0.240. The molecule has 1 atom stereocenters. The van der Waals surface area contributed by atoms with Crippen molar-refractivity contribution in [3.63, 3.8) is 0 Å². The van der Waals surface area contributed by atoms with Gasteiger partial charge in [-0.15, -0.1) is 0 Å². The predicted molar refractivity (Wildman–Crippen MR) is 111 cm³/mol. The number of para-hydroxylation sites is 1. The quantitative estimate of drug-likeness (QED) is 0.696. The number of hydrogen-bond donors (Lipinski definition) is 1. The van der Waals surface area contributed by atoms with Crippen molar-refractivity contribution < 1.29 is 9.53 Å². The lowest BCUT2D eigenvalue weighted by Gasteiger charge is -2.24. The van der Waals surface area contributed by atoms with Gasteiger partial charge in [-0.1, -0.05) is 36.4 Å². The predicted octanol–water partition coefficient (Wildman–Crippen LogP) is 4.62. The zero-order chi connectivity index (χ0) is 19.4. The smallest absolute Gasteiger partial charge is 0.241 e. The third-order valence-electron chi connectivity index (χ3n) is 4.99. The van der Waals surface area contributed by atoms with E-state index in [1.54, 1.807) is 7.11 Å². The van der Waals surface area contributed by atoms with E-state index in [1.807, 2.05) is 57.3 Å². The first-order chi connectivity index (χ1) is 13.0. The van der Waals surface area contributed by atoms with E-state index < -0.39 is 0 Å². The van der Waals surface area contributed by atoms with Crippen molar-refractivity contribution >= 4 is 22.4 Å². The van der Waals surface area contributed by atoms with Crippen LogP contribution in [0.5, 0.6) is 5.75 Å². The van der Waals surface area contributed by atoms with Crippen LogP contribution in [-0.4, -0.2) is 31.0 Å². The molecule has 0 bridgehead atoms. The molecule has 0 radical (unpaired) electrons. The van der Waals surface area contributed by atoms with Gasteiger partial charge < -0.3 is 10.1 Å². The Balaban J connectivity index is 1.68. The number of nitrogens with zero attached hydrogens (tertiary/aromatic N) is 1. The molecule has 0 aliphatic heterocycles. The Morgan fingerprint density at radius 3 is 2.52 bits per heavy atom. The van der Waals surface area contributed by atoms with Crippen molar-refractivity contribution in [1.29, 1.82) is 0 Å². The number of likely N-dealkylation sites (N-methyl/N-ethyl adjacent to an activating group) is 1. The molecule has 0 aromatic heterocycles. The van der Waals surface area contributed by atoms with E-state index in [9.17, 15) is 4.79 Å². The van der Waals surface area contributed by atoms with Crippen molar-refractivity contribution in [1.82, 2.24) is 4.90 Å². The number of rotatable bonds is 6. The molecule has 140 valence electrons. The maximum absolute atomic E-state index is 12.6. The number of ether oxygens (including phenoxy) is 1. The topological polar surface area (TPSA) is 41.6 Å². The van der Waals surface area contributed by atoms with E-state index in [-0.39, 0.29) is 11.9 Å². The molecule has 0 saturated carbocycles. The molecule has 1 amide bonds. The fourth-order valence-corrected chi connectivity index (χ4v) is 3.07. The SMILES string of the molecule is COc1ccc2cc(CN(C)[C@@H](C)C(=O)Nc3ccccc3C)ccc2c1. The number of nitrogens with one attached hydrogen (secondary N) is 1. The largest absolute Gasteiger partial charge is 0.497 e. The Kier molecular flexibility index (Phi) is 5.77. The van der Waals surface area contributed by atoms with E-state index in [2.05, 4.69) is 34.5 Å². The summed E-state index contributed by atoms with van der Waals surface area (Å²) in [7, 11) is 3.65. The zero-order valence-corrected chi connectivity index (χ0v) is 16.3. The highest BCUT2D eigenvalue weighted by atomic mass is 16.5. The Hall–Kier alpha value is -2.85. The van der Waals surface area contributed by atoms with Gasteiger partial charge in [0.15, 0.2) is 0 Å². The number of anilines is 1. The fourth-order valence-electron chi connectivity index (χ4n) is 3.07. The molecule has 0 fully saturated rings. The summed E-state index contributed by atoms with van der Waals surface area (Å²) in [5, 5.41) is 5.33. The van der Waals surface area contributed by atoms with E-state index in [1.165, 1.54) is 10.9 Å². The minimum Gasteiger partial charge on any atom is -0.497 e. The van der Waals surface area contributed by atoms with Crippen LogP contribution in [0.4, 0.5) is 5.69 Å². The second-order valence-corrected chi connectivity index (χ2v) is 6.94. The lowest BCUT2D eigenvalue weighted by atomic mass is 10.1. The van der Waals surface area contributed by atoms with Crippen LogP contribution in [0.1, 0.15) is 18.1 Å². The van der Waals surface area contributed by atoms with Crippen LogP contribution < -0.4 is 10.1 Å². The van der Waals surface area contributed by atoms with Crippen molar-refractivity contribution in [2.24, 2.45) is 0 Å². The summed E-state index contributed by atoms with van der Waals surface area (Å²) in [4.78, 5) is 14.7. The van der Waals surface area contributed by atoms with Gasteiger partial charge in [-0.3, -0.25) is 9.69 Å². The number of carbonyl (C=O) groups is 1. The molecule has 27 heavy (non-hydrogen) atoms. The summed E-state index contributed by atoms with van der Waals surface area (Å²) in [6.07, 6.45) is 0. The van der Waals surface area contributed by atoms with E-state index in [4.69, 9.17) is 4.74 Å². The highest BCUT2D eigenvalue weighted by molar-refractivity contribution is 5.95. The zero-order valence-electron chi connectivity index (χ0n) is 16.3. The Labute approximate surface area is 160 Å². The normalized spacial score (nSPS) is 12.2. The summed E-state index contributed by atoms with van der Waals surface area (Å²) in [6, 6.07) is 20.0. The first kappa shape index (κ1) is 18.9. The van der Waals surface area contributed by atoms with Crippen molar-refractivity contribution in [2.45, 2.75) is 26.4 Å². The maximum Gasteiger partial charge on any atom is 0.241 e. The fraction of sp³-hybridized carbons (Fsp3) is 0.261. The van der Waals surface area contributed by atoms with Crippen LogP contribution in [0.2, 0.25) is 0 Å². The third-order valence-corrected chi connectivity index (χ3v) is 4.99. The van der Waals surface area contributed by atoms with E-state index in [0.717, 1.165) is 22.4 Å². The summed E-state index contributed by atoms with van der Waals surface area (Å²) < 4.78 is 5.28. The Morgan fingerprint density at radius 1 is 1.07 bits per heavy atom. The van der Waals surface area contributed by atoms with Crippen molar-refractivity contribution in [2.75, 3.05) is 19.5 Å². The first-order valence-electron chi connectivity index (χ1n) is 9.11. The molecular formula is C23H26N2O2. The van der Waals surface area contributed by atoms with Gasteiger partial charge in [0.1, 0.15) is 5.75 Å². The second kappa shape index (κ2) is 8.23. The molecule has 0 unspecified atom stereocenters. The standard InChI is InChI=1S/C23H26N2O2/c1-16-7-5-6-8-22(16)24-23(26)17(2)25(3)15-18-9-10-20-14-21(27-4)12-11-19(20)13-18/h5-14,17H,15H2,1-4H3,(H,24,26)/t17-/m0/s1. The lowest BCUT2D eigenvalue weighted by molar-refractivity contribution is -0.120. The molecule has 1 N–H and O–H groups in total. The average Bonchev–Trinajstić information content (AvgIpc) is 2.68. The highest BCUT2D eigenvalue weighted by Gasteiger charge is 2.19. The minimum absolute atomic E-state index is 0.00248. The summed E-state index contributed by atoms with van der Waals surface area (Å²) in [5.74, 6) is 0.853. The molecule has 0 heterocycles. The van der Waals surface area contributed by atoms with Gasteiger partial charge in [-0.2, -0.15) is 0 Å². The third kappa shape index (κ3) is 4.47. The number of fused-ring (bicyclic) bond motifs is 1. The number of methoxy groups -OCH3 is 1. The summed E-state index contributed by atoms with van der Waals surface area (Å²) >= 11 is 0. The number of carbonyl (C=O) groups excluding carboxylic acids is 1. The number of amides is 1. The van der Waals surface area contributed by atoms with E-state index in [0.29, 0.717) is 6.54 Å². The maximum atomic E-state index is 12.6. The van der Waals surface area contributed by atoms with Crippen LogP contribution in [0.15, 0.2) is 60.7 Å². The summed E-state index contributed by atoms with van der Waals surface area (Å²) in [5.41, 5.74) is 3.10. The van der Waals surface area contributed by atoms with Gasteiger partial charge in [0, 0.05) is 12.2 Å². The van der Waals surface area contributed by atoms with Gasteiger partial charge in [-0.05, 0) is 67.1 Å². The molecule has 0 saturated heterocycles. The Bertz CT molecular complexity index is 952. The van der Waals surface area contributed by atoms with Crippen LogP contribution >= 0.6 is 0 Å². The van der Waals surface area contributed by atoms with Gasteiger partial charge in [-0.25, -0.2) is 0 Å². The van der Waals surface area contributed by atoms with Gasteiger partial charge >= 0.3 is 0 Å². The number of aryl methyl sites for hydroxylation is 1. The molecule has 0 aliphatic rings. The molecular weight excluding hydrogens is 336 g/mol. The van der Waals surface area contributed by atoms with E-state index >= 15 is 0 Å². The van der Waals surface area contributed by atoms with Crippen LogP contribution in [0.25, 0.3) is 10.8 Å². The van der Waals surface area contributed by atoms with Crippen LogP contribution in [-0.2, 0) is 11.3 Å². The second-order valence-electron chi connectivity index (χ2n) is 6.94. The van der Waals surface area contributed by atoms with Crippen LogP contribution in [0.3, 0.4) is 0 Å². The molecule has 3 aromatic rings. The first-order valence-corrected chi connectivity index (χ1v) is 9.11. The Morgan fingerprint density at radius 2 is 1.78 bits per heavy atom. The van der Waals surface area contributed by atoms with Gasteiger partial charge in [0.05, 0.1) is 13.2 Å².